The van der Waals surface area contributed by atoms with Gasteiger partial charge < -0.3 is 20.1 Å². The first kappa shape index (κ1) is 17.3. The zero-order chi connectivity index (χ0) is 17.6. The van der Waals surface area contributed by atoms with Gasteiger partial charge in [-0.3, -0.25) is 0 Å². The van der Waals surface area contributed by atoms with E-state index in [4.69, 9.17) is 4.74 Å². The first-order chi connectivity index (χ1) is 12.1. The molecule has 0 saturated carbocycles. The van der Waals surface area contributed by atoms with E-state index in [-0.39, 0.29) is 6.03 Å². The Morgan fingerprint density at radius 1 is 1.28 bits per heavy atom. The van der Waals surface area contributed by atoms with Crippen molar-refractivity contribution in [2.75, 3.05) is 18.4 Å². The molecule has 5 nitrogen and oxygen atoms in total. The molecule has 1 unspecified atom stereocenters. The van der Waals surface area contributed by atoms with E-state index in [0.29, 0.717) is 31.1 Å². The van der Waals surface area contributed by atoms with Gasteiger partial charge in [0.05, 0.1) is 11.8 Å². The lowest BCUT2D eigenvalue weighted by Crippen LogP contribution is -2.44. The number of nitrogens with zero attached hydrogens (tertiary/aromatic N) is 1. The Labute approximate surface area is 148 Å². The summed E-state index contributed by atoms with van der Waals surface area (Å²) in [7, 11) is 0. The molecule has 1 fully saturated rings. The van der Waals surface area contributed by atoms with Crippen molar-refractivity contribution >= 4 is 11.7 Å². The number of rotatable bonds is 4. The normalized spacial score (nSPS) is 17.2. The summed E-state index contributed by atoms with van der Waals surface area (Å²) in [6, 6.07) is 15.4. The van der Waals surface area contributed by atoms with Crippen molar-refractivity contribution in [3.8, 4) is 5.75 Å². The molecule has 0 bridgehead atoms. The largest absolute Gasteiger partial charge is 0.487 e. The minimum Gasteiger partial charge on any atom is -0.487 e. The maximum Gasteiger partial charge on any atom is 0.322 e. The molecule has 132 valence electrons. The summed E-state index contributed by atoms with van der Waals surface area (Å²) in [5, 5.41) is 12.7. The zero-order valence-electron chi connectivity index (χ0n) is 14.4. The number of carbonyl (C=O) groups is 1. The quantitative estimate of drug-likeness (QED) is 0.894. The number of aliphatic hydroxyl groups is 1. The second-order valence-corrected chi connectivity index (χ2v) is 6.45. The predicted octanol–water partition coefficient (Wildman–Crippen LogP) is 3.56. The van der Waals surface area contributed by atoms with Crippen molar-refractivity contribution in [3.63, 3.8) is 0 Å². The van der Waals surface area contributed by atoms with Crippen LogP contribution in [0.2, 0.25) is 0 Å². The fourth-order valence-electron chi connectivity index (χ4n) is 2.92. The first-order valence-electron chi connectivity index (χ1n) is 8.63. The van der Waals surface area contributed by atoms with Crippen LogP contribution in [-0.2, 0) is 6.61 Å². The third-order valence-electron chi connectivity index (χ3n) is 4.30. The van der Waals surface area contributed by atoms with Crippen LogP contribution in [-0.4, -0.2) is 35.2 Å². The summed E-state index contributed by atoms with van der Waals surface area (Å²) >= 11 is 0. The topological polar surface area (TPSA) is 61.8 Å². The van der Waals surface area contributed by atoms with E-state index >= 15 is 0 Å². The van der Waals surface area contributed by atoms with Crippen LogP contribution in [0.1, 0.15) is 24.0 Å². The summed E-state index contributed by atoms with van der Waals surface area (Å²) in [4.78, 5) is 14.1. The zero-order valence-corrected chi connectivity index (χ0v) is 14.4. The Kier molecular flexibility index (Phi) is 5.56. The van der Waals surface area contributed by atoms with Gasteiger partial charge in [-0.15, -0.1) is 0 Å². The van der Waals surface area contributed by atoms with Crippen molar-refractivity contribution in [2.24, 2.45) is 0 Å². The van der Waals surface area contributed by atoms with Gasteiger partial charge in [0.1, 0.15) is 12.4 Å². The summed E-state index contributed by atoms with van der Waals surface area (Å²) in [5.74, 6) is 0.648. The molecule has 2 aromatic rings. The van der Waals surface area contributed by atoms with E-state index < -0.39 is 6.10 Å². The highest BCUT2D eigenvalue weighted by molar-refractivity contribution is 5.91. The molecule has 1 aliphatic rings. The molecule has 2 N–H and O–H groups in total. The molecule has 1 heterocycles. The Hall–Kier alpha value is -2.53. The summed E-state index contributed by atoms with van der Waals surface area (Å²) in [6.07, 6.45) is 1.13. The molecule has 0 aliphatic carbocycles. The summed E-state index contributed by atoms with van der Waals surface area (Å²) in [6.45, 7) is 3.46. The van der Waals surface area contributed by atoms with Gasteiger partial charge in [-0.25, -0.2) is 4.79 Å². The molecule has 3 rings (SSSR count). The highest BCUT2D eigenvalue weighted by Crippen LogP contribution is 2.27. The average molecular weight is 340 g/mol. The number of likely N-dealkylation sites (tertiary alicyclic amines) is 1. The second-order valence-electron chi connectivity index (χ2n) is 6.45. The lowest BCUT2D eigenvalue weighted by atomic mass is 10.1. The van der Waals surface area contributed by atoms with Crippen LogP contribution in [0.15, 0.2) is 48.5 Å². The maximum atomic E-state index is 12.5. The summed E-state index contributed by atoms with van der Waals surface area (Å²) < 4.78 is 5.93. The van der Waals surface area contributed by atoms with E-state index in [0.717, 1.165) is 24.0 Å². The monoisotopic (exact) mass is 340 g/mol. The standard InChI is InChI=1S/C20H24N2O3/c1-15-9-10-18(21-20(24)22-11-5-8-17(23)13-22)19(12-15)25-14-16-6-3-2-4-7-16/h2-4,6-7,9-10,12,17,23H,5,8,11,13-14H2,1H3,(H,21,24). The molecule has 0 spiro atoms. The molecule has 2 aromatic carbocycles. The molecule has 5 heteroatoms. The van der Waals surface area contributed by atoms with E-state index in [9.17, 15) is 9.90 Å². The van der Waals surface area contributed by atoms with E-state index in [2.05, 4.69) is 5.32 Å². The molecule has 0 aromatic heterocycles. The molecule has 0 radical (unpaired) electrons. The van der Waals surface area contributed by atoms with E-state index in [1.807, 2.05) is 55.5 Å². The van der Waals surface area contributed by atoms with Crippen LogP contribution in [0.4, 0.5) is 10.5 Å². The molecule has 2 amide bonds. The number of nitrogens with one attached hydrogen (secondary N) is 1. The van der Waals surface area contributed by atoms with E-state index in [1.54, 1.807) is 4.90 Å². The first-order valence-corrected chi connectivity index (χ1v) is 8.63. The molecule has 1 atom stereocenters. The highest BCUT2D eigenvalue weighted by Gasteiger charge is 2.22. The Morgan fingerprint density at radius 3 is 2.84 bits per heavy atom. The third kappa shape index (κ3) is 4.73. The number of aryl methyl sites for hydroxylation is 1. The van der Waals surface area contributed by atoms with Gasteiger partial charge in [0, 0.05) is 13.1 Å². The number of benzene rings is 2. The van der Waals surface area contributed by atoms with Gasteiger partial charge in [-0.05, 0) is 43.0 Å². The fourth-order valence-corrected chi connectivity index (χ4v) is 2.92. The number of urea groups is 1. The van der Waals surface area contributed by atoms with Crippen molar-refractivity contribution < 1.29 is 14.6 Å². The lowest BCUT2D eigenvalue weighted by molar-refractivity contribution is 0.0883. The smallest absolute Gasteiger partial charge is 0.322 e. The third-order valence-corrected chi connectivity index (χ3v) is 4.30. The van der Waals surface area contributed by atoms with Crippen LogP contribution in [0.3, 0.4) is 0 Å². The van der Waals surface area contributed by atoms with Crippen molar-refractivity contribution in [1.82, 2.24) is 4.90 Å². The molecule has 1 aliphatic heterocycles. The average Bonchev–Trinajstić information content (AvgIpc) is 2.62. The molecule has 25 heavy (non-hydrogen) atoms. The number of carbonyl (C=O) groups excluding carboxylic acids is 1. The van der Waals surface area contributed by atoms with Gasteiger partial charge in [0.2, 0.25) is 0 Å². The van der Waals surface area contributed by atoms with Gasteiger partial charge >= 0.3 is 6.03 Å². The van der Waals surface area contributed by atoms with Crippen molar-refractivity contribution in [1.29, 1.82) is 0 Å². The number of hydrogen-bond donors (Lipinski definition) is 2. The minimum absolute atomic E-state index is 0.202. The molecular formula is C20H24N2O3. The predicted molar refractivity (Wildman–Crippen MR) is 97.8 cm³/mol. The van der Waals surface area contributed by atoms with Crippen molar-refractivity contribution in [2.45, 2.75) is 32.5 Å². The van der Waals surface area contributed by atoms with Gasteiger partial charge in [-0.2, -0.15) is 0 Å². The molecular weight excluding hydrogens is 316 g/mol. The number of hydrogen-bond acceptors (Lipinski definition) is 3. The number of ether oxygens (including phenoxy) is 1. The molecule has 1 saturated heterocycles. The number of amides is 2. The number of piperidine rings is 1. The Bertz CT molecular complexity index is 718. The Morgan fingerprint density at radius 2 is 2.08 bits per heavy atom. The van der Waals surface area contributed by atoms with Gasteiger partial charge in [-0.1, -0.05) is 36.4 Å². The van der Waals surface area contributed by atoms with Crippen LogP contribution in [0.25, 0.3) is 0 Å². The lowest BCUT2D eigenvalue weighted by Gasteiger charge is -2.30. The van der Waals surface area contributed by atoms with Crippen LogP contribution in [0.5, 0.6) is 5.75 Å². The van der Waals surface area contributed by atoms with Crippen molar-refractivity contribution in [3.05, 3.63) is 59.7 Å². The van der Waals surface area contributed by atoms with Gasteiger partial charge in [0.25, 0.3) is 0 Å². The highest BCUT2D eigenvalue weighted by atomic mass is 16.5. The number of anilines is 1. The number of β-amino-alcohol motifs (C(OH)–C–C–N with tert-alkyl or cyclic N) is 1. The second kappa shape index (κ2) is 8.03. The van der Waals surface area contributed by atoms with Crippen LogP contribution in [0, 0.1) is 6.92 Å². The van der Waals surface area contributed by atoms with Gasteiger partial charge in [0.15, 0.2) is 0 Å². The van der Waals surface area contributed by atoms with Crippen LogP contribution >= 0.6 is 0 Å². The van der Waals surface area contributed by atoms with Crippen LogP contribution < -0.4 is 10.1 Å². The fraction of sp³-hybridized carbons (Fsp3) is 0.350. The Balaban J connectivity index is 1.69. The SMILES string of the molecule is Cc1ccc(NC(=O)N2CCCC(O)C2)c(OCc2ccccc2)c1. The number of aliphatic hydroxyl groups excluding tert-OH is 1. The maximum absolute atomic E-state index is 12.5. The summed E-state index contributed by atoms with van der Waals surface area (Å²) in [5.41, 5.74) is 2.78. The van der Waals surface area contributed by atoms with E-state index in [1.165, 1.54) is 0 Å². The minimum atomic E-state index is -0.439.